The number of ether oxygens (including phenoxy) is 1. The number of hydrogen-bond donors (Lipinski definition) is 0. The molecule has 91 valence electrons. The molecule has 1 saturated heterocycles. The first-order valence-corrected chi connectivity index (χ1v) is 6.87. The third-order valence-electron chi connectivity index (χ3n) is 2.63. The quantitative estimate of drug-likeness (QED) is 0.762. The molecule has 2 atom stereocenters. The zero-order valence-electron chi connectivity index (χ0n) is 9.59. The maximum atomic E-state index is 12.2. The molecule has 2 rings (SSSR count). The van der Waals surface area contributed by atoms with Crippen molar-refractivity contribution in [1.82, 2.24) is 5.32 Å². The van der Waals surface area contributed by atoms with Gasteiger partial charge in [0.1, 0.15) is 5.75 Å². The number of hydrogen-bond acceptors (Lipinski definition) is 3. The van der Waals surface area contributed by atoms with E-state index in [2.05, 4.69) is 5.32 Å². The summed E-state index contributed by atoms with van der Waals surface area (Å²) in [5.41, 5.74) is 1.08. The van der Waals surface area contributed by atoms with Crippen LogP contribution in [0.25, 0.3) is 0 Å². The first-order valence-electron chi connectivity index (χ1n) is 5.55. The summed E-state index contributed by atoms with van der Waals surface area (Å²) in [7, 11) is 0. The molecule has 1 aromatic carbocycles. The summed E-state index contributed by atoms with van der Waals surface area (Å²) in [6.07, 6.45) is -0.0412. The van der Waals surface area contributed by atoms with Gasteiger partial charge in [0.05, 0.1) is 6.54 Å². The molecule has 1 aliphatic rings. The van der Waals surface area contributed by atoms with Crippen LogP contribution >= 0.6 is 0 Å². The largest absolute Gasteiger partial charge is 0.611 e. The highest BCUT2D eigenvalue weighted by molar-refractivity contribution is 7.91. The Labute approximate surface area is 104 Å². The standard InChI is InChI=1S/C12H14NO3S/c1-2-9-5-3-4-6-11(9)17(15)8-10-7-13-12(14)16-10/h3-6,10H,2,7-8H2,1H3. The number of rotatable bonds is 4. The monoisotopic (exact) mass is 252 g/mol. The predicted molar refractivity (Wildman–Crippen MR) is 64.4 cm³/mol. The van der Waals surface area contributed by atoms with E-state index in [9.17, 15) is 9.35 Å². The molecule has 1 amide bonds. The van der Waals surface area contributed by atoms with Gasteiger partial charge in [-0.3, -0.25) is 0 Å². The molecule has 0 bridgehead atoms. The van der Waals surface area contributed by atoms with Crippen molar-refractivity contribution >= 4 is 17.3 Å². The molecular weight excluding hydrogens is 238 g/mol. The Morgan fingerprint density at radius 3 is 2.94 bits per heavy atom. The maximum absolute atomic E-state index is 12.2. The number of cyclic esters (lactones) is 1. The second-order valence-corrected chi connectivity index (χ2v) is 5.28. The lowest BCUT2D eigenvalue weighted by Gasteiger charge is -2.15. The van der Waals surface area contributed by atoms with Crippen molar-refractivity contribution in [1.29, 1.82) is 0 Å². The van der Waals surface area contributed by atoms with E-state index in [0.29, 0.717) is 12.3 Å². The molecule has 0 aliphatic carbocycles. The van der Waals surface area contributed by atoms with Crippen molar-refractivity contribution in [3.05, 3.63) is 29.8 Å². The van der Waals surface area contributed by atoms with Crippen LogP contribution in [0.1, 0.15) is 12.5 Å². The molecule has 5 heteroatoms. The van der Waals surface area contributed by atoms with Gasteiger partial charge in [-0.2, -0.15) is 0 Å². The van der Waals surface area contributed by atoms with Gasteiger partial charge in [0.25, 0.3) is 0 Å². The zero-order chi connectivity index (χ0) is 12.3. The van der Waals surface area contributed by atoms with Crippen molar-refractivity contribution in [3.63, 3.8) is 0 Å². The van der Waals surface area contributed by atoms with Crippen molar-refractivity contribution in [3.8, 4) is 0 Å². The van der Waals surface area contributed by atoms with Crippen LogP contribution in [0.15, 0.2) is 29.2 Å². The molecule has 17 heavy (non-hydrogen) atoms. The minimum atomic E-state index is -1.14. The summed E-state index contributed by atoms with van der Waals surface area (Å²) in [6.45, 7) is 2.35. The molecule has 0 spiro atoms. The van der Waals surface area contributed by atoms with E-state index in [4.69, 9.17) is 4.74 Å². The lowest BCUT2D eigenvalue weighted by Crippen LogP contribution is -2.24. The van der Waals surface area contributed by atoms with E-state index >= 15 is 0 Å². The average Bonchev–Trinajstić information content (AvgIpc) is 2.74. The van der Waals surface area contributed by atoms with Crippen LogP contribution in [0, 0.1) is 0 Å². The van der Waals surface area contributed by atoms with E-state index in [1.165, 1.54) is 0 Å². The fraction of sp³-hybridized carbons (Fsp3) is 0.417. The second-order valence-electron chi connectivity index (χ2n) is 3.82. The lowest BCUT2D eigenvalue weighted by molar-refractivity contribution is 0.149. The smallest absolute Gasteiger partial charge is 0.429 e. The second kappa shape index (κ2) is 5.42. The minimum absolute atomic E-state index is 0.318. The topological polar surface area (TPSA) is 63.5 Å². The van der Waals surface area contributed by atoms with Crippen LogP contribution in [0.4, 0.5) is 4.79 Å². The van der Waals surface area contributed by atoms with Gasteiger partial charge in [-0.25, -0.2) is 10.1 Å². The minimum Gasteiger partial charge on any atom is -0.611 e. The fourth-order valence-corrected chi connectivity index (χ4v) is 3.18. The Balaban J connectivity index is 2.03. The Bertz CT molecular complexity index is 410. The number of nitrogens with zero attached hydrogens (tertiary/aromatic N) is 1. The first kappa shape index (κ1) is 12.3. The van der Waals surface area contributed by atoms with Gasteiger partial charge in [-0.1, -0.05) is 25.1 Å². The van der Waals surface area contributed by atoms with Gasteiger partial charge >= 0.3 is 6.09 Å². The van der Waals surface area contributed by atoms with Crippen molar-refractivity contribution in [2.75, 3.05) is 12.3 Å². The number of aryl methyl sites for hydroxylation is 1. The molecule has 0 N–H and O–H groups in total. The Morgan fingerprint density at radius 2 is 2.29 bits per heavy atom. The Kier molecular flexibility index (Phi) is 3.91. The van der Waals surface area contributed by atoms with Gasteiger partial charge in [-0.05, 0) is 23.7 Å². The lowest BCUT2D eigenvalue weighted by atomic mass is 10.2. The first-order chi connectivity index (χ1) is 8.20. The number of carbonyl (C=O) groups excluding carboxylic acids is 1. The summed E-state index contributed by atoms with van der Waals surface area (Å²) in [4.78, 5) is 11.6. The molecule has 2 unspecified atom stereocenters. The molecule has 1 heterocycles. The molecule has 1 fully saturated rings. The van der Waals surface area contributed by atoms with Crippen LogP contribution in [0.2, 0.25) is 0 Å². The van der Waals surface area contributed by atoms with Gasteiger partial charge in [0.2, 0.25) is 0 Å². The Morgan fingerprint density at radius 1 is 1.53 bits per heavy atom. The van der Waals surface area contributed by atoms with Gasteiger partial charge in [0.15, 0.2) is 11.0 Å². The summed E-state index contributed by atoms with van der Waals surface area (Å²) in [6, 6.07) is 7.64. The Hall–Kier alpha value is -1.20. The summed E-state index contributed by atoms with van der Waals surface area (Å²) in [5, 5.41) is 3.61. The highest BCUT2D eigenvalue weighted by Crippen LogP contribution is 2.19. The van der Waals surface area contributed by atoms with E-state index in [1.54, 1.807) is 0 Å². The predicted octanol–water partition coefficient (Wildman–Crippen LogP) is 1.48. The van der Waals surface area contributed by atoms with Crippen molar-refractivity contribution in [2.24, 2.45) is 0 Å². The fourth-order valence-electron chi connectivity index (χ4n) is 1.76. The van der Waals surface area contributed by atoms with Crippen LogP contribution in [0.3, 0.4) is 0 Å². The SMILES string of the molecule is CCc1ccccc1[S+]([O-])CC1C[N]C(=O)O1. The average molecular weight is 252 g/mol. The highest BCUT2D eigenvalue weighted by atomic mass is 32.2. The van der Waals surface area contributed by atoms with E-state index < -0.39 is 17.3 Å². The van der Waals surface area contributed by atoms with Crippen LogP contribution < -0.4 is 5.32 Å². The third-order valence-corrected chi connectivity index (χ3v) is 4.19. The van der Waals surface area contributed by atoms with Gasteiger partial charge in [-0.15, -0.1) is 0 Å². The third kappa shape index (κ3) is 2.92. The molecule has 1 radical (unpaired) electrons. The summed E-state index contributed by atoms with van der Waals surface area (Å²) < 4.78 is 17.1. The number of benzene rings is 1. The molecule has 1 aromatic rings. The molecule has 0 aromatic heterocycles. The summed E-state index contributed by atoms with van der Waals surface area (Å²) in [5.74, 6) is 0.326. The van der Waals surface area contributed by atoms with E-state index in [0.717, 1.165) is 16.9 Å². The molecule has 4 nitrogen and oxygen atoms in total. The normalized spacial score (nSPS) is 20.8. The molecular formula is C12H14NO3S. The van der Waals surface area contributed by atoms with E-state index in [-0.39, 0.29) is 6.10 Å². The highest BCUT2D eigenvalue weighted by Gasteiger charge is 2.30. The van der Waals surface area contributed by atoms with Crippen molar-refractivity contribution in [2.45, 2.75) is 24.3 Å². The van der Waals surface area contributed by atoms with Crippen LogP contribution in [0.5, 0.6) is 0 Å². The van der Waals surface area contributed by atoms with Gasteiger partial charge in [0, 0.05) is 5.56 Å². The maximum Gasteiger partial charge on any atom is 0.429 e. The zero-order valence-corrected chi connectivity index (χ0v) is 10.4. The van der Waals surface area contributed by atoms with Gasteiger partial charge < -0.3 is 9.29 Å². The molecule has 1 aliphatic heterocycles. The van der Waals surface area contributed by atoms with E-state index in [1.807, 2.05) is 31.2 Å². The van der Waals surface area contributed by atoms with Crippen molar-refractivity contribution < 1.29 is 14.1 Å². The summed E-state index contributed by atoms with van der Waals surface area (Å²) >= 11 is -1.14. The van der Waals surface area contributed by atoms with Crippen LogP contribution in [-0.2, 0) is 22.3 Å². The molecule has 0 saturated carbocycles. The van der Waals surface area contributed by atoms with Crippen LogP contribution in [-0.4, -0.2) is 29.0 Å². The number of carbonyl (C=O) groups is 1. The number of amides is 1.